The van der Waals surface area contributed by atoms with Crippen molar-refractivity contribution in [1.29, 1.82) is 0 Å². The molecule has 0 fully saturated rings. The van der Waals surface area contributed by atoms with Crippen LogP contribution in [0.3, 0.4) is 0 Å². The zero-order chi connectivity index (χ0) is 16.5. The molecule has 23 heavy (non-hydrogen) atoms. The van der Waals surface area contributed by atoms with E-state index in [2.05, 4.69) is 36.5 Å². The lowest BCUT2D eigenvalue weighted by Gasteiger charge is -2.07. The molecule has 1 amide bonds. The molecule has 0 aliphatic heterocycles. The van der Waals surface area contributed by atoms with E-state index in [9.17, 15) is 4.79 Å². The molecule has 0 unspecified atom stereocenters. The standard InChI is InChI=1S/C19H23NO2S/c1-15-4-3-5-17(12-15)13-23-14-19(21)20-11-10-16-6-8-18(22-2)9-7-16/h3-9,12H,10-11,13-14H2,1-2H3,(H,20,21). The Balaban J connectivity index is 1.63. The number of carbonyl (C=O) groups is 1. The lowest BCUT2D eigenvalue weighted by atomic mass is 10.1. The molecule has 0 bridgehead atoms. The van der Waals surface area contributed by atoms with Gasteiger partial charge in [-0.15, -0.1) is 11.8 Å². The molecule has 0 saturated heterocycles. The fourth-order valence-corrected chi connectivity index (χ4v) is 3.06. The van der Waals surface area contributed by atoms with Crippen LogP contribution < -0.4 is 10.1 Å². The Morgan fingerprint density at radius 1 is 1.13 bits per heavy atom. The first-order valence-corrected chi connectivity index (χ1v) is 8.86. The zero-order valence-corrected chi connectivity index (χ0v) is 14.5. The SMILES string of the molecule is COc1ccc(CCNC(=O)CSCc2cccc(C)c2)cc1. The van der Waals surface area contributed by atoms with Crippen LogP contribution in [-0.2, 0) is 17.0 Å². The molecular formula is C19H23NO2S. The lowest BCUT2D eigenvalue weighted by Crippen LogP contribution is -2.27. The number of rotatable bonds is 8. The van der Waals surface area contributed by atoms with Crippen LogP contribution in [-0.4, -0.2) is 25.3 Å². The third-order valence-electron chi connectivity index (χ3n) is 3.48. The van der Waals surface area contributed by atoms with Gasteiger partial charge >= 0.3 is 0 Å². The molecule has 0 spiro atoms. The van der Waals surface area contributed by atoms with E-state index in [0.717, 1.165) is 17.9 Å². The maximum atomic E-state index is 11.8. The van der Waals surface area contributed by atoms with Gasteiger partial charge in [0.15, 0.2) is 0 Å². The minimum absolute atomic E-state index is 0.0937. The number of aryl methyl sites for hydroxylation is 1. The Morgan fingerprint density at radius 2 is 1.91 bits per heavy atom. The van der Waals surface area contributed by atoms with Gasteiger partial charge in [0.1, 0.15) is 5.75 Å². The molecule has 2 aromatic carbocycles. The van der Waals surface area contributed by atoms with E-state index in [-0.39, 0.29) is 5.91 Å². The van der Waals surface area contributed by atoms with Crippen LogP contribution in [0.25, 0.3) is 0 Å². The average Bonchev–Trinajstić information content (AvgIpc) is 2.55. The summed E-state index contributed by atoms with van der Waals surface area (Å²) >= 11 is 1.65. The summed E-state index contributed by atoms with van der Waals surface area (Å²) in [5.41, 5.74) is 3.71. The Labute approximate surface area is 142 Å². The molecule has 0 aromatic heterocycles. The molecule has 3 nitrogen and oxygen atoms in total. The van der Waals surface area contributed by atoms with Crippen molar-refractivity contribution >= 4 is 17.7 Å². The molecule has 2 rings (SSSR count). The summed E-state index contributed by atoms with van der Waals surface area (Å²) in [6.45, 7) is 2.75. The Bertz CT molecular complexity index is 626. The monoisotopic (exact) mass is 329 g/mol. The highest BCUT2D eigenvalue weighted by Gasteiger charge is 2.02. The highest BCUT2D eigenvalue weighted by atomic mass is 32.2. The lowest BCUT2D eigenvalue weighted by molar-refractivity contribution is -0.118. The largest absolute Gasteiger partial charge is 0.497 e. The van der Waals surface area contributed by atoms with Crippen molar-refractivity contribution in [3.8, 4) is 5.75 Å². The summed E-state index contributed by atoms with van der Waals surface area (Å²) in [5.74, 6) is 2.31. The van der Waals surface area contributed by atoms with Crippen LogP contribution in [0, 0.1) is 6.92 Å². The Hall–Kier alpha value is -1.94. The molecule has 122 valence electrons. The molecule has 0 aliphatic rings. The smallest absolute Gasteiger partial charge is 0.230 e. The molecule has 2 aromatic rings. The summed E-state index contributed by atoms with van der Waals surface area (Å²) in [4.78, 5) is 11.8. The number of amides is 1. The number of thioether (sulfide) groups is 1. The van der Waals surface area contributed by atoms with E-state index in [0.29, 0.717) is 12.3 Å². The first-order valence-electron chi connectivity index (χ1n) is 7.70. The Kier molecular flexibility index (Phi) is 7.01. The van der Waals surface area contributed by atoms with Crippen LogP contribution in [0.2, 0.25) is 0 Å². The third-order valence-corrected chi connectivity index (χ3v) is 4.48. The van der Waals surface area contributed by atoms with E-state index in [1.54, 1.807) is 18.9 Å². The number of hydrogen-bond donors (Lipinski definition) is 1. The van der Waals surface area contributed by atoms with Gasteiger partial charge in [-0.2, -0.15) is 0 Å². The molecule has 0 atom stereocenters. The fourth-order valence-electron chi connectivity index (χ4n) is 2.25. The third kappa shape index (κ3) is 6.37. The van der Waals surface area contributed by atoms with Crippen molar-refractivity contribution in [3.05, 3.63) is 65.2 Å². The van der Waals surface area contributed by atoms with Gasteiger partial charge in [-0.05, 0) is 36.6 Å². The van der Waals surface area contributed by atoms with Gasteiger partial charge in [-0.1, -0.05) is 42.0 Å². The quantitative estimate of drug-likeness (QED) is 0.804. The second-order valence-electron chi connectivity index (χ2n) is 5.43. The van der Waals surface area contributed by atoms with Crippen LogP contribution in [0.5, 0.6) is 5.75 Å². The number of benzene rings is 2. The molecule has 0 radical (unpaired) electrons. The number of methoxy groups -OCH3 is 1. The summed E-state index contributed by atoms with van der Waals surface area (Å²) in [6.07, 6.45) is 0.832. The second kappa shape index (κ2) is 9.26. The number of nitrogens with one attached hydrogen (secondary N) is 1. The van der Waals surface area contributed by atoms with Crippen LogP contribution in [0.15, 0.2) is 48.5 Å². The van der Waals surface area contributed by atoms with Crippen molar-refractivity contribution in [1.82, 2.24) is 5.32 Å². The van der Waals surface area contributed by atoms with Crippen molar-refractivity contribution in [2.75, 3.05) is 19.4 Å². The van der Waals surface area contributed by atoms with E-state index < -0.39 is 0 Å². The molecule has 0 heterocycles. The summed E-state index contributed by atoms with van der Waals surface area (Å²) in [7, 11) is 1.66. The zero-order valence-electron chi connectivity index (χ0n) is 13.7. The highest BCUT2D eigenvalue weighted by Crippen LogP contribution is 2.13. The molecular weight excluding hydrogens is 306 g/mol. The fraction of sp³-hybridized carbons (Fsp3) is 0.316. The maximum absolute atomic E-state index is 11.8. The van der Waals surface area contributed by atoms with Crippen LogP contribution >= 0.6 is 11.8 Å². The van der Waals surface area contributed by atoms with Gasteiger partial charge in [0, 0.05) is 12.3 Å². The van der Waals surface area contributed by atoms with Gasteiger partial charge < -0.3 is 10.1 Å². The molecule has 1 N–H and O–H groups in total. The van der Waals surface area contributed by atoms with Gasteiger partial charge in [-0.3, -0.25) is 4.79 Å². The number of hydrogen-bond acceptors (Lipinski definition) is 3. The topological polar surface area (TPSA) is 38.3 Å². The predicted octanol–water partition coefficient (Wildman–Crippen LogP) is 3.60. The first kappa shape index (κ1) is 17.4. The van der Waals surface area contributed by atoms with Crippen molar-refractivity contribution in [2.45, 2.75) is 19.1 Å². The van der Waals surface area contributed by atoms with E-state index in [1.807, 2.05) is 24.3 Å². The van der Waals surface area contributed by atoms with E-state index in [1.165, 1.54) is 16.7 Å². The van der Waals surface area contributed by atoms with Gasteiger partial charge in [-0.25, -0.2) is 0 Å². The minimum atomic E-state index is 0.0937. The van der Waals surface area contributed by atoms with Crippen LogP contribution in [0.1, 0.15) is 16.7 Å². The second-order valence-corrected chi connectivity index (χ2v) is 6.42. The van der Waals surface area contributed by atoms with Crippen molar-refractivity contribution in [2.24, 2.45) is 0 Å². The molecule has 0 saturated carbocycles. The summed E-state index contributed by atoms with van der Waals surface area (Å²) < 4.78 is 5.13. The highest BCUT2D eigenvalue weighted by molar-refractivity contribution is 7.99. The minimum Gasteiger partial charge on any atom is -0.497 e. The van der Waals surface area contributed by atoms with Gasteiger partial charge in [0.2, 0.25) is 5.91 Å². The van der Waals surface area contributed by atoms with Crippen molar-refractivity contribution < 1.29 is 9.53 Å². The van der Waals surface area contributed by atoms with E-state index in [4.69, 9.17) is 4.74 Å². The maximum Gasteiger partial charge on any atom is 0.230 e. The van der Waals surface area contributed by atoms with Crippen LogP contribution in [0.4, 0.5) is 0 Å². The van der Waals surface area contributed by atoms with Gasteiger partial charge in [0.05, 0.1) is 12.9 Å². The average molecular weight is 329 g/mol. The summed E-state index contributed by atoms with van der Waals surface area (Å²) in [6, 6.07) is 16.3. The predicted molar refractivity (Wildman–Crippen MR) is 97.0 cm³/mol. The summed E-state index contributed by atoms with van der Waals surface area (Å²) in [5, 5.41) is 2.97. The first-order chi connectivity index (χ1) is 11.2. The van der Waals surface area contributed by atoms with Crippen molar-refractivity contribution in [3.63, 3.8) is 0 Å². The van der Waals surface area contributed by atoms with Gasteiger partial charge in [0.25, 0.3) is 0 Å². The Morgan fingerprint density at radius 3 is 2.61 bits per heavy atom. The molecule has 4 heteroatoms. The number of carbonyl (C=O) groups excluding carboxylic acids is 1. The molecule has 0 aliphatic carbocycles. The normalized spacial score (nSPS) is 10.3. The number of ether oxygens (including phenoxy) is 1. The van der Waals surface area contributed by atoms with E-state index >= 15 is 0 Å².